The summed E-state index contributed by atoms with van der Waals surface area (Å²) in [4.78, 5) is 17.0. The number of ether oxygens (including phenoxy) is 1. The maximum absolute atomic E-state index is 12.4. The van der Waals surface area contributed by atoms with Crippen molar-refractivity contribution in [3.63, 3.8) is 0 Å². The van der Waals surface area contributed by atoms with E-state index in [0.717, 1.165) is 29.6 Å². The summed E-state index contributed by atoms with van der Waals surface area (Å²) in [5.74, 6) is 0.225. The molecule has 1 fully saturated rings. The molecule has 0 bridgehead atoms. The fraction of sp³-hybridized carbons (Fsp3) is 0.263. The first-order chi connectivity index (χ1) is 12.2. The predicted molar refractivity (Wildman–Crippen MR) is 103 cm³/mol. The minimum absolute atomic E-state index is 0.121. The summed E-state index contributed by atoms with van der Waals surface area (Å²) in [6.07, 6.45) is 2.18. The van der Waals surface area contributed by atoms with Crippen molar-refractivity contribution in [2.75, 3.05) is 18.5 Å². The molecule has 3 rings (SSSR count). The number of halogens is 1. The molecule has 0 aromatic heterocycles. The molecule has 1 atom stereocenters. The normalized spacial score (nSPS) is 17.3. The van der Waals surface area contributed by atoms with Crippen LogP contribution in [0.5, 0.6) is 0 Å². The van der Waals surface area contributed by atoms with E-state index in [4.69, 9.17) is 4.74 Å². The van der Waals surface area contributed by atoms with Gasteiger partial charge in [0.05, 0.1) is 12.6 Å². The van der Waals surface area contributed by atoms with Gasteiger partial charge in [-0.1, -0.05) is 34.1 Å². The molecule has 0 radical (unpaired) electrons. The van der Waals surface area contributed by atoms with Crippen molar-refractivity contribution in [3.05, 3.63) is 64.6 Å². The van der Waals surface area contributed by atoms with Gasteiger partial charge in [-0.3, -0.25) is 10.1 Å². The molecule has 1 aliphatic heterocycles. The Morgan fingerprint density at radius 1 is 1.16 bits per heavy atom. The second kappa shape index (κ2) is 8.78. The third kappa shape index (κ3) is 5.41. The summed E-state index contributed by atoms with van der Waals surface area (Å²) in [7, 11) is 0. The predicted octanol–water partition coefficient (Wildman–Crippen LogP) is 3.83. The number of nitrogens with one attached hydrogen (secondary N) is 2. The number of guanidine groups is 1. The number of benzene rings is 2. The van der Waals surface area contributed by atoms with Crippen LogP contribution in [0.3, 0.4) is 0 Å². The molecule has 2 N–H and O–H groups in total. The summed E-state index contributed by atoms with van der Waals surface area (Å²) < 4.78 is 6.60. The summed E-state index contributed by atoms with van der Waals surface area (Å²) in [6.45, 7) is 1.31. The highest BCUT2D eigenvalue weighted by Gasteiger charge is 2.16. The molecule has 1 aliphatic rings. The average molecular weight is 402 g/mol. The van der Waals surface area contributed by atoms with Crippen LogP contribution < -0.4 is 10.6 Å². The summed E-state index contributed by atoms with van der Waals surface area (Å²) in [5, 5.41) is 6.03. The van der Waals surface area contributed by atoms with Crippen LogP contribution in [0.2, 0.25) is 0 Å². The maximum Gasteiger partial charge on any atom is 0.257 e. The number of carbonyl (C=O) groups excluding carboxylic acids is 1. The van der Waals surface area contributed by atoms with Gasteiger partial charge in [-0.15, -0.1) is 0 Å². The van der Waals surface area contributed by atoms with E-state index in [-0.39, 0.29) is 12.0 Å². The van der Waals surface area contributed by atoms with Crippen molar-refractivity contribution in [2.45, 2.75) is 18.9 Å². The SMILES string of the molecule is O=C(NC(=NCC1CCCO1)Nc1ccc(Br)cc1)c1ccccc1. The lowest BCUT2D eigenvalue weighted by Crippen LogP contribution is -2.36. The first-order valence-electron chi connectivity index (χ1n) is 8.26. The van der Waals surface area contributed by atoms with E-state index >= 15 is 0 Å². The first kappa shape index (κ1) is 17.6. The van der Waals surface area contributed by atoms with Gasteiger partial charge in [0.25, 0.3) is 5.91 Å². The van der Waals surface area contributed by atoms with Crippen molar-refractivity contribution in [1.82, 2.24) is 5.32 Å². The zero-order valence-electron chi connectivity index (χ0n) is 13.7. The highest BCUT2D eigenvalue weighted by atomic mass is 79.9. The van der Waals surface area contributed by atoms with Crippen LogP contribution in [0.15, 0.2) is 64.1 Å². The molecule has 25 heavy (non-hydrogen) atoms. The molecule has 1 heterocycles. The van der Waals surface area contributed by atoms with E-state index in [9.17, 15) is 4.79 Å². The van der Waals surface area contributed by atoms with E-state index in [1.54, 1.807) is 12.1 Å². The molecule has 2 aromatic carbocycles. The fourth-order valence-corrected chi connectivity index (χ4v) is 2.80. The number of carbonyl (C=O) groups is 1. The van der Waals surface area contributed by atoms with Gasteiger partial charge >= 0.3 is 0 Å². The molecule has 1 amide bonds. The number of hydrogen-bond donors (Lipinski definition) is 2. The Labute approximate surface area is 155 Å². The van der Waals surface area contributed by atoms with E-state index in [0.29, 0.717) is 18.1 Å². The van der Waals surface area contributed by atoms with Crippen molar-refractivity contribution in [1.29, 1.82) is 0 Å². The second-order valence-corrected chi connectivity index (χ2v) is 6.69. The molecular formula is C19H20BrN3O2. The third-order valence-corrected chi connectivity index (χ3v) is 4.38. The van der Waals surface area contributed by atoms with Crippen LogP contribution in [0.25, 0.3) is 0 Å². The zero-order chi connectivity index (χ0) is 17.5. The third-order valence-electron chi connectivity index (χ3n) is 3.85. The molecule has 1 unspecified atom stereocenters. The Balaban J connectivity index is 1.71. The molecule has 0 aliphatic carbocycles. The minimum atomic E-state index is -0.198. The second-order valence-electron chi connectivity index (χ2n) is 5.78. The van der Waals surface area contributed by atoms with Gasteiger partial charge in [0, 0.05) is 22.3 Å². The van der Waals surface area contributed by atoms with Crippen molar-refractivity contribution >= 4 is 33.5 Å². The Morgan fingerprint density at radius 2 is 1.92 bits per heavy atom. The van der Waals surface area contributed by atoms with E-state index in [1.165, 1.54) is 0 Å². The Bertz CT molecular complexity index is 726. The van der Waals surface area contributed by atoms with Gasteiger partial charge < -0.3 is 10.1 Å². The van der Waals surface area contributed by atoms with Crippen molar-refractivity contribution < 1.29 is 9.53 Å². The first-order valence-corrected chi connectivity index (χ1v) is 9.05. The van der Waals surface area contributed by atoms with Crippen LogP contribution in [0.4, 0.5) is 5.69 Å². The maximum atomic E-state index is 12.4. The van der Waals surface area contributed by atoms with Gasteiger partial charge in [-0.25, -0.2) is 4.99 Å². The highest BCUT2D eigenvalue weighted by Crippen LogP contribution is 2.15. The quantitative estimate of drug-likeness (QED) is 0.604. The number of anilines is 1. The fourth-order valence-electron chi connectivity index (χ4n) is 2.53. The topological polar surface area (TPSA) is 62.7 Å². The van der Waals surface area contributed by atoms with Crippen molar-refractivity contribution in [2.24, 2.45) is 4.99 Å². The van der Waals surface area contributed by atoms with Crippen LogP contribution in [-0.2, 0) is 4.74 Å². The largest absolute Gasteiger partial charge is 0.376 e. The Kier molecular flexibility index (Phi) is 6.19. The van der Waals surface area contributed by atoms with Gasteiger partial charge in [0.1, 0.15) is 0 Å². The van der Waals surface area contributed by atoms with Crippen LogP contribution in [0, 0.1) is 0 Å². The van der Waals surface area contributed by atoms with Crippen LogP contribution in [-0.4, -0.2) is 31.1 Å². The molecule has 5 nitrogen and oxygen atoms in total. The molecular weight excluding hydrogens is 382 g/mol. The molecule has 0 saturated carbocycles. The number of amides is 1. The molecule has 0 spiro atoms. The van der Waals surface area contributed by atoms with Gasteiger partial charge in [-0.05, 0) is 49.2 Å². The van der Waals surface area contributed by atoms with E-state index in [1.807, 2.05) is 42.5 Å². The monoisotopic (exact) mass is 401 g/mol. The lowest BCUT2D eigenvalue weighted by atomic mass is 10.2. The smallest absolute Gasteiger partial charge is 0.257 e. The minimum Gasteiger partial charge on any atom is -0.376 e. The number of hydrogen-bond acceptors (Lipinski definition) is 3. The van der Waals surface area contributed by atoms with E-state index < -0.39 is 0 Å². The van der Waals surface area contributed by atoms with Crippen molar-refractivity contribution in [3.8, 4) is 0 Å². The lowest BCUT2D eigenvalue weighted by molar-refractivity contribution is 0.0975. The van der Waals surface area contributed by atoms with Gasteiger partial charge in [-0.2, -0.15) is 0 Å². The Hall–Kier alpha value is -2.18. The molecule has 1 saturated heterocycles. The summed E-state index contributed by atoms with van der Waals surface area (Å²) in [5.41, 5.74) is 1.44. The zero-order valence-corrected chi connectivity index (χ0v) is 15.3. The average Bonchev–Trinajstić information content (AvgIpc) is 3.16. The lowest BCUT2D eigenvalue weighted by Gasteiger charge is -2.13. The number of rotatable bonds is 4. The Morgan fingerprint density at radius 3 is 2.60 bits per heavy atom. The summed E-state index contributed by atoms with van der Waals surface area (Å²) >= 11 is 3.41. The summed E-state index contributed by atoms with van der Waals surface area (Å²) in [6, 6.07) is 16.8. The molecule has 130 valence electrons. The molecule has 6 heteroatoms. The number of aliphatic imine (C=N–C) groups is 1. The number of nitrogens with zero attached hydrogens (tertiary/aromatic N) is 1. The standard InChI is InChI=1S/C19H20BrN3O2/c20-15-8-10-16(11-9-15)22-19(21-13-17-7-4-12-25-17)23-18(24)14-5-2-1-3-6-14/h1-3,5-6,8-11,17H,4,7,12-13H2,(H2,21,22,23,24). The van der Waals surface area contributed by atoms with Crippen LogP contribution >= 0.6 is 15.9 Å². The van der Waals surface area contributed by atoms with Crippen LogP contribution in [0.1, 0.15) is 23.2 Å². The molecule has 2 aromatic rings. The highest BCUT2D eigenvalue weighted by molar-refractivity contribution is 9.10. The van der Waals surface area contributed by atoms with Gasteiger partial charge in [0.15, 0.2) is 0 Å². The van der Waals surface area contributed by atoms with E-state index in [2.05, 4.69) is 31.6 Å². The van der Waals surface area contributed by atoms with Gasteiger partial charge in [0.2, 0.25) is 5.96 Å².